The van der Waals surface area contributed by atoms with Gasteiger partial charge in [0.1, 0.15) is 11.6 Å². The third-order valence-electron chi connectivity index (χ3n) is 3.36. The zero-order chi connectivity index (χ0) is 18.8. The number of anilines is 1. The number of esters is 1. The molecule has 2 rings (SSSR count). The molecule has 2 heterocycles. The highest BCUT2D eigenvalue weighted by molar-refractivity contribution is 6.32. The Balaban J connectivity index is 2.47. The van der Waals surface area contributed by atoms with Crippen molar-refractivity contribution in [2.24, 2.45) is 0 Å². The third-order valence-corrected chi connectivity index (χ3v) is 3.63. The summed E-state index contributed by atoms with van der Waals surface area (Å²) >= 11 is 5.93. The van der Waals surface area contributed by atoms with Gasteiger partial charge in [0.15, 0.2) is 0 Å². The van der Waals surface area contributed by atoms with Crippen LogP contribution in [0.2, 0.25) is 5.15 Å². The number of nitrogens with one attached hydrogen (secondary N) is 1. The van der Waals surface area contributed by atoms with Gasteiger partial charge in [-0.15, -0.1) is 0 Å². The van der Waals surface area contributed by atoms with Crippen LogP contribution in [0.15, 0.2) is 0 Å². The molecule has 11 heteroatoms. The number of hydrogen-bond donors (Lipinski definition) is 1. The molecule has 25 heavy (non-hydrogen) atoms. The topological polar surface area (TPSA) is 120 Å². The van der Waals surface area contributed by atoms with Gasteiger partial charge in [0.05, 0.1) is 12.0 Å². The zero-order valence-electron chi connectivity index (χ0n) is 14.4. The Hall–Kier alpha value is -2.20. The maximum Gasteiger partial charge on any atom is 0.348 e. The van der Waals surface area contributed by atoms with Crippen molar-refractivity contribution < 1.29 is 19.2 Å². The van der Waals surface area contributed by atoms with Gasteiger partial charge in [0, 0.05) is 19.6 Å². The van der Waals surface area contributed by atoms with Gasteiger partial charge in [-0.05, 0) is 20.8 Å². The minimum atomic E-state index is -0.789. The number of piperazine rings is 1. The van der Waals surface area contributed by atoms with Crippen molar-refractivity contribution in [2.45, 2.75) is 32.4 Å². The lowest BCUT2D eigenvalue weighted by Crippen LogP contribution is -2.57. The SMILES string of the molecule is COc1nc(Cl)c([N+](=O)[O-])c(N2CCNCC2C(=O)OC(C)(C)C)n1. The molecule has 0 amide bonds. The average molecular weight is 374 g/mol. The molecule has 1 saturated heterocycles. The molecule has 10 nitrogen and oxygen atoms in total. The number of nitrogens with zero attached hydrogens (tertiary/aromatic N) is 4. The number of aromatic nitrogens is 2. The molecule has 1 aliphatic rings. The smallest absolute Gasteiger partial charge is 0.348 e. The van der Waals surface area contributed by atoms with E-state index in [1.54, 1.807) is 20.8 Å². The first-order chi connectivity index (χ1) is 11.6. The van der Waals surface area contributed by atoms with E-state index in [-0.39, 0.29) is 23.5 Å². The summed E-state index contributed by atoms with van der Waals surface area (Å²) in [4.78, 5) is 32.6. The third kappa shape index (κ3) is 4.45. The predicted octanol–water partition coefficient (Wildman–Crippen LogP) is 1.17. The van der Waals surface area contributed by atoms with Crippen LogP contribution in [0.1, 0.15) is 20.8 Å². The Kier molecular flexibility index (Phi) is 5.63. The van der Waals surface area contributed by atoms with Crippen LogP contribution < -0.4 is 15.0 Å². The minimum Gasteiger partial charge on any atom is -0.467 e. The lowest BCUT2D eigenvalue weighted by Gasteiger charge is -2.36. The first kappa shape index (κ1) is 19.1. The van der Waals surface area contributed by atoms with Crippen LogP contribution >= 0.6 is 11.6 Å². The highest BCUT2D eigenvalue weighted by Gasteiger charge is 2.38. The van der Waals surface area contributed by atoms with Crippen molar-refractivity contribution in [3.05, 3.63) is 15.3 Å². The second kappa shape index (κ2) is 7.36. The largest absolute Gasteiger partial charge is 0.467 e. The van der Waals surface area contributed by atoms with E-state index in [4.69, 9.17) is 21.1 Å². The molecule has 0 radical (unpaired) electrons. The van der Waals surface area contributed by atoms with Crippen molar-refractivity contribution >= 4 is 29.1 Å². The van der Waals surface area contributed by atoms with Gasteiger partial charge in [-0.2, -0.15) is 9.97 Å². The van der Waals surface area contributed by atoms with Crippen LogP contribution in [0.3, 0.4) is 0 Å². The number of ether oxygens (including phenoxy) is 2. The van der Waals surface area contributed by atoms with E-state index >= 15 is 0 Å². The van der Waals surface area contributed by atoms with Gasteiger partial charge in [0.2, 0.25) is 11.0 Å². The number of carbonyl (C=O) groups excluding carboxylic acids is 1. The standard InChI is InChI=1S/C14H20ClN5O5/c1-14(2,3)25-12(21)8-7-16-5-6-19(8)11-9(20(22)23)10(15)17-13(18-11)24-4/h8,16H,5-7H2,1-4H3. The monoisotopic (exact) mass is 373 g/mol. The summed E-state index contributed by atoms with van der Waals surface area (Å²) in [6, 6.07) is -0.908. The summed E-state index contributed by atoms with van der Waals surface area (Å²) in [6.45, 7) is 6.33. The zero-order valence-corrected chi connectivity index (χ0v) is 15.2. The molecule has 1 aliphatic heterocycles. The Bertz CT molecular complexity index is 678. The molecule has 1 atom stereocenters. The van der Waals surface area contributed by atoms with Gasteiger partial charge >= 0.3 is 17.7 Å². The molecular weight excluding hydrogens is 354 g/mol. The van der Waals surface area contributed by atoms with Crippen molar-refractivity contribution in [3.8, 4) is 6.01 Å². The number of carbonyl (C=O) groups is 1. The van der Waals surface area contributed by atoms with Crippen molar-refractivity contribution in [3.63, 3.8) is 0 Å². The maximum absolute atomic E-state index is 12.5. The average Bonchev–Trinajstić information content (AvgIpc) is 2.52. The van der Waals surface area contributed by atoms with Crippen molar-refractivity contribution in [2.75, 3.05) is 31.6 Å². The van der Waals surface area contributed by atoms with E-state index in [1.807, 2.05) is 0 Å². The van der Waals surface area contributed by atoms with Crippen molar-refractivity contribution in [1.82, 2.24) is 15.3 Å². The predicted molar refractivity (Wildman–Crippen MR) is 90.1 cm³/mol. The molecule has 0 spiro atoms. The van der Waals surface area contributed by atoms with Gasteiger partial charge in [0.25, 0.3) is 0 Å². The number of nitro groups is 1. The Morgan fingerprint density at radius 2 is 2.12 bits per heavy atom. The molecular formula is C14H20ClN5O5. The molecule has 0 aromatic carbocycles. The fourth-order valence-electron chi connectivity index (χ4n) is 2.38. The normalized spacial score (nSPS) is 18.0. The van der Waals surface area contributed by atoms with Crippen LogP contribution in [0.25, 0.3) is 0 Å². The van der Waals surface area contributed by atoms with Crippen LogP contribution in [0.5, 0.6) is 6.01 Å². The molecule has 0 bridgehead atoms. The fraction of sp³-hybridized carbons (Fsp3) is 0.643. The molecule has 1 aromatic rings. The van der Waals surface area contributed by atoms with Gasteiger partial charge in [-0.25, -0.2) is 4.79 Å². The van der Waals surface area contributed by atoms with E-state index in [0.717, 1.165) is 0 Å². The second-order valence-electron chi connectivity index (χ2n) is 6.38. The molecule has 138 valence electrons. The summed E-state index contributed by atoms with van der Waals surface area (Å²) in [5.41, 5.74) is -1.16. The molecule has 1 fully saturated rings. The number of methoxy groups -OCH3 is 1. The summed E-state index contributed by atoms with van der Waals surface area (Å²) < 4.78 is 10.4. The minimum absolute atomic E-state index is 0.0702. The molecule has 1 aromatic heterocycles. The van der Waals surface area contributed by atoms with Crippen molar-refractivity contribution in [1.29, 1.82) is 0 Å². The highest BCUT2D eigenvalue weighted by atomic mass is 35.5. The maximum atomic E-state index is 12.5. The molecule has 1 N–H and O–H groups in total. The van der Waals surface area contributed by atoms with E-state index in [2.05, 4.69) is 15.3 Å². The van der Waals surface area contributed by atoms with E-state index in [1.165, 1.54) is 12.0 Å². The Morgan fingerprint density at radius 1 is 1.44 bits per heavy atom. The van der Waals surface area contributed by atoms with Gasteiger partial charge in [-0.3, -0.25) is 10.1 Å². The number of rotatable bonds is 4. The van der Waals surface area contributed by atoms with E-state index < -0.39 is 28.2 Å². The lowest BCUT2D eigenvalue weighted by atomic mass is 10.1. The number of halogens is 1. The van der Waals surface area contributed by atoms with Crippen LogP contribution in [-0.2, 0) is 9.53 Å². The number of hydrogen-bond acceptors (Lipinski definition) is 9. The van der Waals surface area contributed by atoms with Crippen LogP contribution in [-0.4, -0.2) is 59.2 Å². The summed E-state index contributed by atoms with van der Waals surface area (Å²) in [5, 5.41) is 14.2. The summed E-state index contributed by atoms with van der Waals surface area (Å²) in [6.07, 6.45) is 0. The molecule has 0 saturated carbocycles. The van der Waals surface area contributed by atoms with Gasteiger partial charge < -0.3 is 19.7 Å². The second-order valence-corrected chi connectivity index (χ2v) is 6.74. The quantitative estimate of drug-likeness (QED) is 0.358. The first-order valence-corrected chi connectivity index (χ1v) is 7.98. The van der Waals surface area contributed by atoms with Crippen LogP contribution in [0, 0.1) is 10.1 Å². The van der Waals surface area contributed by atoms with Gasteiger partial charge in [-0.1, -0.05) is 11.6 Å². The van der Waals surface area contributed by atoms with E-state index in [9.17, 15) is 14.9 Å². The first-order valence-electron chi connectivity index (χ1n) is 7.60. The van der Waals surface area contributed by atoms with Crippen LogP contribution in [0.4, 0.5) is 11.5 Å². The molecule has 0 aliphatic carbocycles. The molecule has 1 unspecified atom stereocenters. The summed E-state index contributed by atoms with van der Waals surface area (Å²) in [5.74, 6) is -0.582. The lowest BCUT2D eigenvalue weighted by molar-refractivity contribution is -0.384. The Labute approximate surface area is 149 Å². The Morgan fingerprint density at radius 3 is 2.68 bits per heavy atom. The highest BCUT2D eigenvalue weighted by Crippen LogP contribution is 2.35. The van der Waals surface area contributed by atoms with E-state index in [0.29, 0.717) is 13.1 Å². The fourth-order valence-corrected chi connectivity index (χ4v) is 2.61. The summed E-state index contributed by atoms with van der Waals surface area (Å²) in [7, 11) is 1.32.